The molecule has 0 unspecified atom stereocenters. The molecule has 30 heavy (non-hydrogen) atoms. The van der Waals surface area contributed by atoms with Crippen LogP contribution in [0.2, 0.25) is 0 Å². The van der Waals surface area contributed by atoms with Gasteiger partial charge in [-0.15, -0.1) is 0 Å². The highest BCUT2D eigenvalue weighted by atomic mass is 16.2. The topological polar surface area (TPSA) is 83.1 Å². The van der Waals surface area contributed by atoms with Crippen LogP contribution in [0, 0.1) is 0 Å². The summed E-state index contributed by atoms with van der Waals surface area (Å²) in [6, 6.07) is 19.7. The number of carbonyl (C=O) groups excluding carboxylic acids is 2. The average molecular weight is 395 g/mol. The zero-order valence-electron chi connectivity index (χ0n) is 16.2. The van der Waals surface area contributed by atoms with Gasteiger partial charge in [-0.3, -0.25) is 14.4 Å². The fourth-order valence-electron chi connectivity index (χ4n) is 3.89. The molecule has 0 radical (unpaired) electrons. The first kappa shape index (κ1) is 18.0. The largest absolute Gasteiger partial charge is 0.334 e. The van der Waals surface area contributed by atoms with E-state index in [-0.39, 0.29) is 23.8 Å². The minimum Gasteiger partial charge on any atom is -0.334 e. The van der Waals surface area contributed by atoms with Gasteiger partial charge in [0, 0.05) is 23.7 Å². The summed E-state index contributed by atoms with van der Waals surface area (Å²) < 4.78 is 0. The highest BCUT2D eigenvalue weighted by Gasteiger charge is 2.27. The second-order valence-electron chi connectivity index (χ2n) is 7.33. The van der Waals surface area contributed by atoms with Gasteiger partial charge in [-0.2, -0.15) is 0 Å². The molecule has 0 bridgehead atoms. The van der Waals surface area contributed by atoms with Crippen molar-refractivity contribution in [3.63, 3.8) is 0 Å². The van der Waals surface area contributed by atoms with Crippen molar-refractivity contribution in [1.82, 2.24) is 14.9 Å². The van der Waals surface area contributed by atoms with Gasteiger partial charge in [0.1, 0.15) is 5.82 Å². The van der Waals surface area contributed by atoms with Crippen molar-refractivity contribution in [3.05, 3.63) is 99.6 Å². The molecule has 6 nitrogen and oxygen atoms in total. The molecule has 0 spiro atoms. The monoisotopic (exact) mass is 395 g/mol. The van der Waals surface area contributed by atoms with Gasteiger partial charge >= 0.3 is 0 Å². The van der Waals surface area contributed by atoms with Gasteiger partial charge in [-0.25, -0.2) is 4.98 Å². The number of rotatable bonds is 3. The summed E-state index contributed by atoms with van der Waals surface area (Å²) in [6.45, 7) is 0.143. The summed E-state index contributed by atoms with van der Waals surface area (Å²) >= 11 is 0. The van der Waals surface area contributed by atoms with Gasteiger partial charge in [0.25, 0.3) is 11.5 Å². The van der Waals surface area contributed by atoms with Crippen LogP contribution in [0.15, 0.2) is 71.5 Å². The van der Waals surface area contributed by atoms with Crippen molar-refractivity contribution in [2.45, 2.75) is 6.54 Å². The smallest absolute Gasteiger partial charge is 0.258 e. The standard InChI is InChI=1S/C24H17N3O3/c1-27(13-21-25-20-9-5-4-8-18(20)23(29)26-21)24(30)14-10-11-16-15-6-2-3-7-17(15)22(28)19(16)12-14/h2-12H,13H2,1H3,(H,25,26,29). The SMILES string of the molecule is CN(Cc1nc2ccccc2c(=O)[nH]1)C(=O)c1ccc2c(c1)C(=O)c1ccccc1-2. The van der Waals surface area contributed by atoms with Crippen LogP contribution in [0.3, 0.4) is 0 Å². The van der Waals surface area contributed by atoms with E-state index in [2.05, 4.69) is 9.97 Å². The number of nitrogens with one attached hydrogen (secondary N) is 1. The predicted octanol–water partition coefficient (Wildman–Crippen LogP) is 3.41. The number of para-hydroxylation sites is 1. The van der Waals surface area contributed by atoms with Crippen LogP contribution in [0.25, 0.3) is 22.0 Å². The van der Waals surface area contributed by atoms with E-state index in [0.717, 1.165) is 11.1 Å². The van der Waals surface area contributed by atoms with E-state index in [0.29, 0.717) is 33.4 Å². The Morgan fingerprint density at radius 2 is 1.60 bits per heavy atom. The number of amides is 1. The minimum absolute atomic E-state index is 0.0709. The Kier molecular flexibility index (Phi) is 4.06. The van der Waals surface area contributed by atoms with E-state index >= 15 is 0 Å². The third-order valence-corrected chi connectivity index (χ3v) is 5.37. The molecular formula is C24H17N3O3. The van der Waals surface area contributed by atoms with E-state index in [9.17, 15) is 14.4 Å². The molecule has 6 heteroatoms. The minimum atomic E-state index is -0.252. The van der Waals surface area contributed by atoms with Gasteiger partial charge in [0.15, 0.2) is 5.78 Å². The van der Waals surface area contributed by atoms with Crippen LogP contribution >= 0.6 is 0 Å². The van der Waals surface area contributed by atoms with Gasteiger partial charge in [0.05, 0.1) is 17.4 Å². The molecule has 1 aliphatic rings. The zero-order valence-corrected chi connectivity index (χ0v) is 16.2. The summed E-state index contributed by atoms with van der Waals surface area (Å²) in [5.74, 6) is 0.0787. The van der Waals surface area contributed by atoms with E-state index in [1.165, 1.54) is 4.90 Å². The lowest BCUT2D eigenvalue weighted by Gasteiger charge is -2.17. The molecule has 1 aromatic heterocycles. The molecule has 3 aromatic carbocycles. The van der Waals surface area contributed by atoms with Crippen LogP contribution in [-0.4, -0.2) is 33.6 Å². The Labute approximate surface area is 171 Å². The molecule has 0 fully saturated rings. The first-order chi connectivity index (χ1) is 14.5. The summed E-state index contributed by atoms with van der Waals surface area (Å²) in [6.07, 6.45) is 0. The fourth-order valence-corrected chi connectivity index (χ4v) is 3.89. The molecule has 0 saturated heterocycles. The van der Waals surface area contributed by atoms with Gasteiger partial charge < -0.3 is 9.88 Å². The second-order valence-corrected chi connectivity index (χ2v) is 7.33. The summed E-state index contributed by atoms with van der Waals surface area (Å²) in [4.78, 5) is 46.6. The van der Waals surface area contributed by atoms with Crippen molar-refractivity contribution in [1.29, 1.82) is 0 Å². The Morgan fingerprint density at radius 1 is 0.900 bits per heavy atom. The Balaban J connectivity index is 1.43. The lowest BCUT2D eigenvalue weighted by atomic mass is 10.0. The highest BCUT2D eigenvalue weighted by Crippen LogP contribution is 2.36. The number of nitrogens with zero attached hydrogens (tertiary/aromatic N) is 2. The molecule has 4 aromatic rings. The first-order valence-electron chi connectivity index (χ1n) is 9.54. The molecule has 0 saturated carbocycles. The maximum atomic E-state index is 13.0. The van der Waals surface area contributed by atoms with E-state index in [1.807, 2.05) is 30.3 Å². The van der Waals surface area contributed by atoms with Crippen LogP contribution in [0.4, 0.5) is 0 Å². The number of aromatic amines is 1. The van der Waals surface area contributed by atoms with Crippen LogP contribution in [0.5, 0.6) is 0 Å². The number of hydrogen-bond donors (Lipinski definition) is 1. The third kappa shape index (κ3) is 2.81. The van der Waals surface area contributed by atoms with Gasteiger partial charge in [-0.05, 0) is 35.4 Å². The Bertz CT molecular complexity index is 1400. The van der Waals surface area contributed by atoms with E-state index in [4.69, 9.17) is 0 Å². The average Bonchev–Trinajstić information content (AvgIpc) is 3.05. The van der Waals surface area contributed by atoms with Crippen molar-refractivity contribution < 1.29 is 9.59 Å². The Morgan fingerprint density at radius 3 is 2.43 bits per heavy atom. The van der Waals surface area contributed by atoms with E-state index in [1.54, 1.807) is 43.4 Å². The number of carbonyl (C=O) groups is 2. The number of aromatic nitrogens is 2. The van der Waals surface area contributed by atoms with Crippen molar-refractivity contribution >= 4 is 22.6 Å². The lowest BCUT2D eigenvalue weighted by molar-refractivity contribution is 0.0781. The van der Waals surface area contributed by atoms with Crippen LogP contribution < -0.4 is 5.56 Å². The number of hydrogen-bond acceptors (Lipinski definition) is 4. The van der Waals surface area contributed by atoms with Gasteiger partial charge in [-0.1, -0.05) is 42.5 Å². The quantitative estimate of drug-likeness (QED) is 0.507. The molecule has 1 aliphatic carbocycles. The number of benzene rings is 3. The molecule has 1 amide bonds. The second kappa shape index (κ2) is 6.77. The molecule has 146 valence electrons. The fraction of sp³-hybridized carbons (Fsp3) is 0.0833. The normalized spacial score (nSPS) is 12.0. The molecule has 0 atom stereocenters. The maximum Gasteiger partial charge on any atom is 0.258 e. The van der Waals surface area contributed by atoms with Crippen molar-refractivity contribution in [2.24, 2.45) is 0 Å². The first-order valence-corrected chi connectivity index (χ1v) is 9.54. The molecular weight excluding hydrogens is 378 g/mol. The number of ketones is 1. The predicted molar refractivity (Wildman–Crippen MR) is 113 cm³/mol. The van der Waals surface area contributed by atoms with Crippen molar-refractivity contribution in [2.75, 3.05) is 7.05 Å². The highest BCUT2D eigenvalue weighted by molar-refractivity contribution is 6.22. The molecule has 0 aliphatic heterocycles. The number of fused-ring (bicyclic) bond motifs is 4. The third-order valence-electron chi connectivity index (χ3n) is 5.37. The maximum absolute atomic E-state index is 13.0. The summed E-state index contributed by atoms with van der Waals surface area (Å²) in [5.41, 5.74) is 3.69. The molecule has 5 rings (SSSR count). The lowest BCUT2D eigenvalue weighted by Crippen LogP contribution is -2.28. The number of H-pyrrole nitrogens is 1. The Hall–Kier alpha value is -4.06. The van der Waals surface area contributed by atoms with E-state index < -0.39 is 0 Å². The molecule has 1 N–H and O–H groups in total. The summed E-state index contributed by atoms with van der Waals surface area (Å²) in [7, 11) is 1.64. The molecule has 1 heterocycles. The van der Waals surface area contributed by atoms with Gasteiger partial charge in [0.2, 0.25) is 0 Å². The zero-order chi connectivity index (χ0) is 20.8. The van der Waals surface area contributed by atoms with Crippen molar-refractivity contribution in [3.8, 4) is 11.1 Å². The summed E-state index contributed by atoms with van der Waals surface area (Å²) in [5, 5.41) is 0.506. The van der Waals surface area contributed by atoms with Crippen LogP contribution in [-0.2, 0) is 6.54 Å². The van der Waals surface area contributed by atoms with Crippen LogP contribution in [0.1, 0.15) is 32.1 Å².